The number of carbonyl (C=O) groups is 1. The molecule has 1 unspecified atom stereocenters. The highest BCUT2D eigenvalue weighted by molar-refractivity contribution is 8.00. The molecule has 1 aliphatic carbocycles. The number of aryl methyl sites for hydroxylation is 2. The number of thioether (sulfide) groups is 1. The SMILES string of the molecule is COc1ccc(CCNC(=O)CSc2nc(C)nc3sc4c(c23)CCC(C)C4)cc1OC. The minimum atomic E-state index is 0.0117. The number of rotatable bonds is 8. The zero-order chi connectivity index (χ0) is 22.7. The maximum Gasteiger partial charge on any atom is 0.230 e. The maximum atomic E-state index is 12.5. The van der Waals surface area contributed by atoms with Gasteiger partial charge >= 0.3 is 0 Å². The molecule has 1 aliphatic rings. The van der Waals surface area contributed by atoms with Gasteiger partial charge in [0.1, 0.15) is 15.7 Å². The molecule has 6 nitrogen and oxygen atoms in total. The average Bonchev–Trinajstić information content (AvgIpc) is 3.14. The van der Waals surface area contributed by atoms with E-state index in [9.17, 15) is 4.79 Å². The molecule has 2 heterocycles. The first-order valence-electron chi connectivity index (χ1n) is 10.9. The Labute approximate surface area is 197 Å². The molecule has 0 spiro atoms. The van der Waals surface area contributed by atoms with Crippen LogP contribution in [0.3, 0.4) is 0 Å². The van der Waals surface area contributed by atoms with Crippen molar-refractivity contribution < 1.29 is 14.3 Å². The molecule has 0 saturated carbocycles. The highest BCUT2D eigenvalue weighted by Crippen LogP contribution is 2.40. The molecule has 0 radical (unpaired) electrons. The Morgan fingerprint density at radius 1 is 1.25 bits per heavy atom. The molecule has 32 heavy (non-hydrogen) atoms. The minimum Gasteiger partial charge on any atom is -0.493 e. The van der Waals surface area contributed by atoms with E-state index in [1.54, 1.807) is 25.6 Å². The van der Waals surface area contributed by atoms with Crippen LogP contribution in [0, 0.1) is 12.8 Å². The number of amides is 1. The molecule has 1 N–H and O–H groups in total. The number of hydrogen-bond acceptors (Lipinski definition) is 7. The van der Waals surface area contributed by atoms with Crippen LogP contribution in [0.1, 0.15) is 35.2 Å². The van der Waals surface area contributed by atoms with Gasteiger partial charge in [0.15, 0.2) is 11.5 Å². The molecular formula is C24H29N3O3S2. The fraction of sp³-hybridized carbons (Fsp3) is 0.458. The number of nitrogens with one attached hydrogen (secondary N) is 1. The standard InChI is InChI=1S/C24H29N3O3S2/c1-14-5-7-17-20(11-14)32-24-22(17)23(26-15(2)27-24)31-13-21(28)25-10-9-16-6-8-18(29-3)19(12-16)30-4/h6,8,12,14H,5,7,9-11,13H2,1-4H3,(H,25,28). The predicted octanol–water partition coefficient (Wildman–Crippen LogP) is 4.59. The quantitative estimate of drug-likeness (QED) is 0.383. The average molecular weight is 472 g/mol. The normalized spacial score (nSPS) is 15.4. The summed E-state index contributed by atoms with van der Waals surface area (Å²) in [5.74, 6) is 3.24. The summed E-state index contributed by atoms with van der Waals surface area (Å²) in [4.78, 5) is 24.4. The number of benzene rings is 1. The van der Waals surface area contributed by atoms with Crippen LogP contribution in [-0.2, 0) is 24.1 Å². The number of aromatic nitrogens is 2. The van der Waals surface area contributed by atoms with Crippen LogP contribution in [0.4, 0.5) is 0 Å². The van der Waals surface area contributed by atoms with Crippen molar-refractivity contribution in [1.29, 1.82) is 0 Å². The first kappa shape index (κ1) is 22.9. The van der Waals surface area contributed by atoms with Crippen molar-refractivity contribution in [2.75, 3.05) is 26.5 Å². The molecule has 8 heteroatoms. The van der Waals surface area contributed by atoms with E-state index in [1.165, 1.54) is 34.0 Å². The first-order chi connectivity index (χ1) is 15.5. The third-order valence-corrected chi connectivity index (χ3v) is 7.88. The Morgan fingerprint density at radius 2 is 2.06 bits per heavy atom. The van der Waals surface area contributed by atoms with Crippen molar-refractivity contribution in [3.8, 4) is 11.5 Å². The number of carbonyl (C=O) groups excluding carboxylic acids is 1. The number of nitrogens with zero attached hydrogens (tertiary/aromatic N) is 2. The van der Waals surface area contributed by atoms with E-state index in [2.05, 4.69) is 22.2 Å². The van der Waals surface area contributed by atoms with Crippen molar-refractivity contribution in [3.63, 3.8) is 0 Å². The van der Waals surface area contributed by atoms with Crippen LogP contribution < -0.4 is 14.8 Å². The van der Waals surface area contributed by atoms with Crippen molar-refractivity contribution >= 4 is 39.2 Å². The lowest BCUT2D eigenvalue weighted by molar-refractivity contribution is -0.118. The highest BCUT2D eigenvalue weighted by atomic mass is 32.2. The number of fused-ring (bicyclic) bond motifs is 3. The minimum absolute atomic E-state index is 0.0117. The van der Waals surface area contributed by atoms with E-state index in [0.29, 0.717) is 23.8 Å². The van der Waals surface area contributed by atoms with Crippen molar-refractivity contribution in [1.82, 2.24) is 15.3 Å². The van der Waals surface area contributed by atoms with Gasteiger partial charge in [-0.05, 0) is 61.8 Å². The van der Waals surface area contributed by atoms with E-state index in [0.717, 1.165) is 46.4 Å². The van der Waals surface area contributed by atoms with Gasteiger partial charge in [0.2, 0.25) is 5.91 Å². The van der Waals surface area contributed by atoms with Crippen LogP contribution in [0.2, 0.25) is 0 Å². The number of hydrogen-bond donors (Lipinski definition) is 1. The summed E-state index contributed by atoms with van der Waals surface area (Å²) >= 11 is 3.31. The fourth-order valence-corrected chi connectivity index (χ4v) is 6.51. The Hall–Kier alpha value is -2.32. The number of methoxy groups -OCH3 is 2. The molecule has 1 amide bonds. The zero-order valence-electron chi connectivity index (χ0n) is 19.0. The van der Waals surface area contributed by atoms with Gasteiger partial charge in [0.25, 0.3) is 0 Å². The topological polar surface area (TPSA) is 73.3 Å². The zero-order valence-corrected chi connectivity index (χ0v) is 20.6. The highest BCUT2D eigenvalue weighted by Gasteiger charge is 2.24. The molecular weight excluding hydrogens is 442 g/mol. The lowest BCUT2D eigenvalue weighted by atomic mass is 9.89. The van der Waals surface area contributed by atoms with Crippen LogP contribution in [0.25, 0.3) is 10.2 Å². The smallest absolute Gasteiger partial charge is 0.230 e. The second kappa shape index (κ2) is 10.1. The molecule has 4 rings (SSSR count). The first-order valence-corrected chi connectivity index (χ1v) is 12.7. The summed E-state index contributed by atoms with van der Waals surface area (Å²) in [7, 11) is 3.24. The fourth-order valence-electron chi connectivity index (χ4n) is 4.08. The van der Waals surface area contributed by atoms with Crippen molar-refractivity contribution in [2.24, 2.45) is 5.92 Å². The Kier molecular flexibility index (Phi) is 7.20. The second-order valence-corrected chi connectivity index (χ2v) is 10.2. The Balaban J connectivity index is 1.37. The van der Waals surface area contributed by atoms with E-state index in [4.69, 9.17) is 9.47 Å². The molecule has 0 aliphatic heterocycles. The van der Waals surface area contributed by atoms with Gasteiger partial charge < -0.3 is 14.8 Å². The monoisotopic (exact) mass is 471 g/mol. The van der Waals surface area contributed by atoms with E-state index in [-0.39, 0.29) is 5.91 Å². The molecule has 0 saturated heterocycles. The summed E-state index contributed by atoms with van der Waals surface area (Å²) in [5, 5.41) is 5.13. The third-order valence-electron chi connectivity index (χ3n) is 5.76. The van der Waals surface area contributed by atoms with Gasteiger partial charge in [-0.3, -0.25) is 4.79 Å². The van der Waals surface area contributed by atoms with Crippen molar-refractivity contribution in [3.05, 3.63) is 40.0 Å². The molecule has 170 valence electrons. The molecule has 1 aromatic carbocycles. The molecule has 0 fully saturated rings. The number of ether oxygens (including phenoxy) is 2. The van der Waals surface area contributed by atoms with E-state index < -0.39 is 0 Å². The van der Waals surface area contributed by atoms with Gasteiger partial charge in [-0.2, -0.15) is 0 Å². The molecule has 0 bridgehead atoms. The molecule has 2 aromatic heterocycles. The maximum absolute atomic E-state index is 12.5. The van der Waals surface area contributed by atoms with Crippen LogP contribution in [0.5, 0.6) is 11.5 Å². The number of thiophene rings is 1. The Bertz CT molecular complexity index is 1130. The molecule has 3 aromatic rings. The van der Waals surface area contributed by atoms with Gasteiger partial charge in [0.05, 0.1) is 20.0 Å². The predicted molar refractivity (Wildman–Crippen MR) is 130 cm³/mol. The van der Waals surface area contributed by atoms with E-state index >= 15 is 0 Å². The van der Waals surface area contributed by atoms with Gasteiger partial charge in [-0.25, -0.2) is 9.97 Å². The van der Waals surface area contributed by atoms with Gasteiger partial charge in [0, 0.05) is 16.8 Å². The summed E-state index contributed by atoms with van der Waals surface area (Å²) in [5.41, 5.74) is 2.49. The van der Waals surface area contributed by atoms with Gasteiger partial charge in [-0.1, -0.05) is 24.8 Å². The third kappa shape index (κ3) is 5.02. The lowest BCUT2D eigenvalue weighted by Gasteiger charge is -2.18. The summed E-state index contributed by atoms with van der Waals surface area (Å²) in [6.07, 6.45) is 4.13. The Morgan fingerprint density at radius 3 is 2.84 bits per heavy atom. The second-order valence-electron chi connectivity index (χ2n) is 8.19. The largest absolute Gasteiger partial charge is 0.493 e. The van der Waals surface area contributed by atoms with Crippen LogP contribution >= 0.6 is 23.1 Å². The van der Waals surface area contributed by atoms with E-state index in [1.807, 2.05) is 25.1 Å². The van der Waals surface area contributed by atoms with Gasteiger partial charge in [-0.15, -0.1) is 11.3 Å². The summed E-state index contributed by atoms with van der Waals surface area (Å²) < 4.78 is 10.6. The molecule has 1 atom stereocenters. The summed E-state index contributed by atoms with van der Waals surface area (Å²) in [6.45, 7) is 4.80. The van der Waals surface area contributed by atoms with Crippen molar-refractivity contribution in [2.45, 2.75) is 44.6 Å². The van der Waals surface area contributed by atoms with Crippen LogP contribution in [0.15, 0.2) is 23.2 Å². The van der Waals surface area contributed by atoms with Crippen LogP contribution in [-0.4, -0.2) is 42.4 Å². The lowest BCUT2D eigenvalue weighted by Crippen LogP contribution is -2.27. The summed E-state index contributed by atoms with van der Waals surface area (Å²) in [6, 6.07) is 5.82.